The Morgan fingerprint density at radius 1 is 0.560 bits per heavy atom. The summed E-state index contributed by atoms with van der Waals surface area (Å²) in [6.07, 6.45) is 1.78. The molecule has 0 saturated carbocycles. The van der Waals surface area contributed by atoms with Gasteiger partial charge in [0, 0.05) is 17.3 Å². The van der Waals surface area contributed by atoms with Crippen LogP contribution in [0.1, 0.15) is 5.69 Å². The fraction of sp³-hybridized carbons (Fsp3) is 0.0455. The summed E-state index contributed by atoms with van der Waals surface area (Å²) in [4.78, 5) is 14.3. The lowest BCUT2D eigenvalue weighted by Gasteiger charge is -2.13. The summed E-state index contributed by atoms with van der Waals surface area (Å²) in [7, 11) is 0. The van der Waals surface area contributed by atoms with Crippen LogP contribution < -0.4 is 0 Å². The summed E-state index contributed by atoms with van der Waals surface area (Å²) >= 11 is 0. The van der Waals surface area contributed by atoms with Gasteiger partial charge in [0.2, 0.25) is 0 Å². The molecule has 4 aromatic rings. The van der Waals surface area contributed by atoms with Crippen LogP contribution in [0.3, 0.4) is 0 Å². The van der Waals surface area contributed by atoms with Crippen molar-refractivity contribution in [3.8, 4) is 33.9 Å². The summed E-state index contributed by atoms with van der Waals surface area (Å²) in [6.45, 7) is 1.98. The second-order valence-electron chi connectivity index (χ2n) is 5.80. The molecule has 0 N–H and O–H groups in total. The molecule has 0 unspecified atom stereocenters. The Balaban J connectivity index is 1.98. The zero-order valence-electron chi connectivity index (χ0n) is 13.9. The number of benzene rings is 2. The van der Waals surface area contributed by atoms with E-state index in [4.69, 9.17) is 9.97 Å². The maximum Gasteiger partial charge on any atom is 0.111 e. The van der Waals surface area contributed by atoms with E-state index in [0.717, 1.165) is 39.6 Å². The first-order valence-corrected chi connectivity index (χ1v) is 8.24. The molecule has 0 fully saturated rings. The molecule has 0 bridgehead atoms. The second kappa shape index (κ2) is 6.65. The van der Waals surface area contributed by atoms with Gasteiger partial charge in [-0.15, -0.1) is 0 Å². The van der Waals surface area contributed by atoms with Crippen molar-refractivity contribution in [2.24, 2.45) is 0 Å². The van der Waals surface area contributed by atoms with Crippen LogP contribution in [0.25, 0.3) is 33.9 Å². The molecule has 3 nitrogen and oxygen atoms in total. The fourth-order valence-corrected chi connectivity index (χ4v) is 2.86. The van der Waals surface area contributed by atoms with Gasteiger partial charge in [0.1, 0.15) is 5.69 Å². The van der Waals surface area contributed by atoms with Gasteiger partial charge in [0.15, 0.2) is 0 Å². The number of pyridine rings is 1. The molecule has 2 heterocycles. The molecule has 0 radical (unpaired) electrons. The van der Waals surface area contributed by atoms with Crippen LogP contribution in [0.15, 0.2) is 85.1 Å². The van der Waals surface area contributed by atoms with Crippen molar-refractivity contribution in [2.75, 3.05) is 0 Å². The molecule has 0 aliphatic heterocycles. The Bertz CT molecular complexity index is 982. The maximum absolute atomic E-state index is 4.96. The monoisotopic (exact) mass is 323 g/mol. The van der Waals surface area contributed by atoms with Crippen molar-refractivity contribution in [1.82, 2.24) is 15.0 Å². The molecule has 2 aromatic carbocycles. The molecular weight excluding hydrogens is 306 g/mol. The van der Waals surface area contributed by atoms with Crippen LogP contribution in [0.2, 0.25) is 0 Å². The summed E-state index contributed by atoms with van der Waals surface area (Å²) in [6, 6.07) is 26.2. The average molecular weight is 323 g/mol. The third-order valence-electron chi connectivity index (χ3n) is 4.07. The van der Waals surface area contributed by atoms with Crippen molar-refractivity contribution in [2.45, 2.75) is 6.92 Å². The van der Waals surface area contributed by atoms with Crippen LogP contribution in [0.5, 0.6) is 0 Å². The van der Waals surface area contributed by atoms with E-state index in [1.165, 1.54) is 0 Å². The minimum atomic E-state index is 0.819. The number of aryl methyl sites for hydroxylation is 1. The van der Waals surface area contributed by atoms with Gasteiger partial charge >= 0.3 is 0 Å². The van der Waals surface area contributed by atoms with Gasteiger partial charge < -0.3 is 0 Å². The van der Waals surface area contributed by atoms with Gasteiger partial charge in [0.05, 0.1) is 22.8 Å². The SMILES string of the molecule is Cc1nc(-c2ccccc2)c(-c2ccccc2)nc1-c1ccccn1. The lowest BCUT2D eigenvalue weighted by atomic mass is 10.0. The van der Waals surface area contributed by atoms with E-state index >= 15 is 0 Å². The minimum absolute atomic E-state index is 0.819. The van der Waals surface area contributed by atoms with Gasteiger partial charge in [0.25, 0.3) is 0 Å². The van der Waals surface area contributed by atoms with Crippen LogP contribution in [0, 0.1) is 6.92 Å². The summed E-state index contributed by atoms with van der Waals surface area (Å²) in [5.41, 5.74) is 6.40. The highest BCUT2D eigenvalue weighted by Crippen LogP contribution is 2.32. The van der Waals surface area contributed by atoms with Crippen LogP contribution in [-0.4, -0.2) is 15.0 Å². The highest BCUT2D eigenvalue weighted by atomic mass is 14.9. The zero-order chi connectivity index (χ0) is 17.1. The van der Waals surface area contributed by atoms with E-state index < -0.39 is 0 Å². The number of hydrogen-bond acceptors (Lipinski definition) is 3. The lowest BCUT2D eigenvalue weighted by molar-refractivity contribution is 1.11. The van der Waals surface area contributed by atoms with E-state index in [1.807, 2.05) is 61.5 Å². The van der Waals surface area contributed by atoms with E-state index in [-0.39, 0.29) is 0 Å². The van der Waals surface area contributed by atoms with E-state index in [9.17, 15) is 0 Å². The number of hydrogen-bond donors (Lipinski definition) is 0. The standard InChI is InChI=1S/C22H17N3/c1-16-20(19-14-8-9-15-23-19)25-22(18-12-6-3-7-13-18)21(24-16)17-10-4-2-5-11-17/h2-15H,1H3. The largest absolute Gasteiger partial charge is 0.255 e. The Morgan fingerprint density at radius 3 is 1.68 bits per heavy atom. The quantitative estimate of drug-likeness (QED) is 0.521. The summed E-state index contributed by atoms with van der Waals surface area (Å²) < 4.78 is 0. The molecule has 0 aliphatic rings. The van der Waals surface area contributed by atoms with E-state index in [1.54, 1.807) is 6.20 Å². The predicted molar refractivity (Wildman–Crippen MR) is 101 cm³/mol. The fourth-order valence-electron chi connectivity index (χ4n) is 2.86. The Kier molecular flexibility index (Phi) is 4.05. The molecule has 0 amide bonds. The number of rotatable bonds is 3. The third kappa shape index (κ3) is 3.04. The van der Waals surface area contributed by atoms with E-state index in [0.29, 0.717) is 0 Å². The Labute approximate surface area is 147 Å². The molecule has 4 rings (SSSR count). The van der Waals surface area contributed by atoms with Crippen molar-refractivity contribution in [1.29, 1.82) is 0 Å². The smallest absolute Gasteiger partial charge is 0.111 e. The normalized spacial score (nSPS) is 10.6. The zero-order valence-corrected chi connectivity index (χ0v) is 13.9. The first-order chi connectivity index (χ1) is 12.3. The molecule has 2 aromatic heterocycles. The van der Waals surface area contributed by atoms with Gasteiger partial charge in [-0.2, -0.15) is 0 Å². The van der Waals surface area contributed by atoms with Crippen molar-refractivity contribution in [3.05, 3.63) is 90.8 Å². The Morgan fingerprint density at radius 2 is 1.12 bits per heavy atom. The topological polar surface area (TPSA) is 38.7 Å². The van der Waals surface area contributed by atoms with Crippen molar-refractivity contribution in [3.63, 3.8) is 0 Å². The third-order valence-corrected chi connectivity index (χ3v) is 4.07. The first kappa shape index (κ1) is 15.2. The second-order valence-corrected chi connectivity index (χ2v) is 5.80. The first-order valence-electron chi connectivity index (χ1n) is 8.24. The Hall–Kier alpha value is -3.33. The maximum atomic E-state index is 4.96. The van der Waals surface area contributed by atoms with Crippen LogP contribution in [0.4, 0.5) is 0 Å². The minimum Gasteiger partial charge on any atom is -0.255 e. The highest BCUT2D eigenvalue weighted by molar-refractivity contribution is 5.80. The molecule has 120 valence electrons. The van der Waals surface area contributed by atoms with Gasteiger partial charge in [-0.05, 0) is 19.1 Å². The highest BCUT2D eigenvalue weighted by Gasteiger charge is 2.16. The lowest BCUT2D eigenvalue weighted by Crippen LogP contribution is -2.01. The molecule has 3 heteroatoms. The number of nitrogens with zero attached hydrogens (tertiary/aromatic N) is 3. The molecule has 0 aliphatic carbocycles. The molecule has 0 spiro atoms. The van der Waals surface area contributed by atoms with Gasteiger partial charge in [-0.3, -0.25) is 4.98 Å². The van der Waals surface area contributed by atoms with Gasteiger partial charge in [-0.25, -0.2) is 9.97 Å². The molecular formula is C22H17N3. The van der Waals surface area contributed by atoms with Crippen molar-refractivity contribution >= 4 is 0 Å². The average Bonchev–Trinajstić information content (AvgIpc) is 2.70. The van der Waals surface area contributed by atoms with E-state index in [2.05, 4.69) is 29.2 Å². The summed E-state index contributed by atoms with van der Waals surface area (Å²) in [5.74, 6) is 0. The molecule has 25 heavy (non-hydrogen) atoms. The summed E-state index contributed by atoms with van der Waals surface area (Å²) in [5, 5.41) is 0. The van der Waals surface area contributed by atoms with Gasteiger partial charge in [-0.1, -0.05) is 66.7 Å². The molecule has 0 atom stereocenters. The molecule has 0 saturated heterocycles. The van der Waals surface area contributed by atoms with Crippen LogP contribution >= 0.6 is 0 Å². The predicted octanol–water partition coefficient (Wildman–Crippen LogP) is 5.18. The van der Waals surface area contributed by atoms with Crippen molar-refractivity contribution < 1.29 is 0 Å². The van der Waals surface area contributed by atoms with Crippen LogP contribution in [-0.2, 0) is 0 Å². The number of aromatic nitrogens is 3.